The molecule has 0 bridgehead atoms. The molecule has 2 atom stereocenters. The van der Waals surface area contributed by atoms with Crippen LogP contribution in [0.15, 0.2) is 18.2 Å². The Kier molecular flexibility index (Phi) is 5.87. The molecule has 3 fully saturated rings. The van der Waals surface area contributed by atoms with Crippen LogP contribution in [0.1, 0.15) is 31.2 Å². The topological polar surface area (TPSA) is 54.0 Å². The number of amides is 2. The number of morpholine rings is 2. The summed E-state index contributed by atoms with van der Waals surface area (Å²) in [6.07, 6.45) is -0.587. The zero-order valence-electron chi connectivity index (χ0n) is 16.2. The fraction of sp³-hybridized carbons (Fsp3) is 0.650. The summed E-state index contributed by atoms with van der Waals surface area (Å²) in [6, 6.07) is 3.15. The molecule has 1 N–H and O–H groups in total. The maximum atomic E-state index is 13.3. The Hall–Kier alpha value is -2.00. The zero-order valence-corrected chi connectivity index (χ0v) is 16.2. The summed E-state index contributed by atoms with van der Waals surface area (Å²) in [5.41, 5.74) is -0.00369. The normalized spacial score (nSPS) is 25.5. The molecule has 1 aliphatic carbocycles. The maximum Gasteiger partial charge on any atom is 0.416 e. The van der Waals surface area contributed by atoms with Gasteiger partial charge in [0.15, 0.2) is 0 Å². The second-order valence-electron chi connectivity index (χ2n) is 7.71. The van der Waals surface area contributed by atoms with Crippen LogP contribution >= 0.6 is 0 Å². The Morgan fingerprint density at radius 1 is 1.07 bits per heavy atom. The smallest absolute Gasteiger partial charge is 0.378 e. The number of fused-ring (bicyclic) bond motifs is 1. The van der Waals surface area contributed by atoms with E-state index in [1.54, 1.807) is 4.90 Å². The minimum Gasteiger partial charge on any atom is -0.378 e. The van der Waals surface area contributed by atoms with Crippen LogP contribution in [0.3, 0.4) is 0 Å². The van der Waals surface area contributed by atoms with E-state index in [1.165, 1.54) is 6.07 Å². The fourth-order valence-corrected chi connectivity index (χ4v) is 4.43. The largest absolute Gasteiger partial charge is 0.416 e. The summed E-state index contributed by atoms with van der Waals surface area (Å²) in [4.78, 5) is 16.7. The number of hydrogen-bond acceptors (Lipinski definition) is 4. The highest BCUT2D eigenvalue weighted by Gasteiger charge is 2.37. The number of alkyl halides is 3. The van der Waals surface area contributed by atoms with Crippen molar-refractivity contribution in [3.05, 3.63) is 23.8 Å². The number of carbonyl (C=O) groups excluding carboxylic acids is 1. The molecule has 1 saturated carbocycles. The molecule has 2 amide bonds. The van der Waals surface area contributed by atoms with Crippen LogP contribution in [0.4, 0.5) is 29.3 Å². The third-order valence-corrected chi connectivity index (χ3v) is 5.91. The highest BCUT2D eigenvalue weighted by Crippen LogP contribution is 2.36. The summed E-state index contributed by atoms with van der Waals surface area (Å²) < 4.78 is 51.0. The van der Waals surface area contributed by atoms with Crippen LogP contribution in [0.5, 0.6) is 0 Å². The number of urea groups is 1. The van der Waals surface area contributed by atoms with E-state index in [9.17, 15) is 18.0 Å². The van der Waals surface area contributed by atoms with Gasteiger partial charge in [0, 0.05) is 19.6 Å². The molecular weight excluding hydrogens is 387 g/mol. The van der Waals surface area contributed by atoms with Crippen LogP contribution in [0.2, 0.25) is 0 Å². The summed E-state index contributed by atoms with van der Waals surface area (Å²) in [6.45, 7) is 3.03. The van der Waals surface area contributed by atoms with Crippen LogP contribution in [-0.2, 0) is 15.7 Å². The third kappa shape index (κ3) is 4.45. The Bertz CT molecular complexity index is 735. The Labute approximate surface area is 167 Å². The van der Waals surface area contributed by atoms with E-state index >= 15 is 0 Å². The molecule has 4 rings (SSSR count). The first-order valence-electron chi connectivity index (χ1n) is 10.2. The van der Waals surface area contributed by atoms with Crippen molar-refractivity contribution >= 4 is 17.4 Å². The summed E-state index contributed by atoms with van der Waals surface area (Å²) in [7, 11) is 0. The lowest BCUT2D eigenvalue weighted by Gasteiger charge is -2.43. The Morgan fingerprint density at radius 2 is 1.83 bits per heavy atom. The number of rotatable bonds is 2. The van der Waals surface area contributed by atoms with Crippen molar-refractivity contribution in [1.82, 2.24) is 4.90 Å². The molecule has 2 heterocycles. The van der Waals surface area contributed by atoms with E-state index in [-0.39, 0.29) is 23.9 Å². The lowest BCUT2D eigenvalue weighted by Crippen LogP contribution is -2.56. The minimum atomic E-state index is -4.48. The van der Waals surface area contributed by atoms with E-state index in [0.717, 1.165) is 37.8 Å². The molecule has 29 heavy (non-hydrogen) atoms. The van der Waals surface area contributed by atoms with Crippen molar-refractivity contribution < 1.29 is 27.4 Å². The van der Waals surface area contributed by atoms with Crippen molar-refractivity contribution in [2.75, 3.05) is 49.7 Å². The standard InChI is InChI=1S/C20H26F3N3O3/c21-20(22,23)14-5-6-16(25-7-10-28-11-8-25)15(13-14)24-19(27)26-9-12-29-18-4-2-1-3-17(18)26/h5-6,13,17-18H,1-4,7-12H2,(H,24,27)/t17-,18-/m0/s1. The van der Waals surface area contributed by atoms with Gasteiger partial charge < -0.3 is 24.6 Å². The summed E-state index contributed by atoms with van der Waals surface area (Å²) in [5.74, 6) is 0. The molecule has 2 saturated heterocycles. The van der Waals surface area contributed by atoms with Gasteiger partial charge in [0.2, 0.25) is 0 Å². The fourth-order valence-electron chi connectivity index (χ4n) is 4.43. The van der Waals surface area contributed by atoms with Crippen molar-refractivity contribution in [2.45, 2.75) is 44.0 Å². The lowest BCUT2D eigenvalue weighted by molar-refractivity contribution is -0.137. The minimum absolute atomic E-state index is 0.0171. The average Bonchev–Trinajstić information content (AvgIpc) is 2.73. The van der Waals surface area contributed by atoms with Crippen molar-refractivity contribution in [3.8, 4) is 0 Å². The molecule has 9 heteroatoms. The predicted molar refractivity (Wildman–Crippen MR) is 102 cm³/mol. The predicted octanol–water partition coefficient (Wildman–Crippen LogP) is 3.72. The van der Waals surface area contributed by atoms with Gasteiger partial charge in [0.05, 0.1) is 48.9 Å². The highest BCUT2D eigenvalue weighted by atomic mass is 19.4. The molecule has 3 aliphatic rings. The number of nitrogens with zero attached hydrogens (tertiary/aromatic N) is 2. The lowest BCUT2D eigenvalue weighted by atomic mass is 9.90. The average molecular weight is 413 g/mol. The van der Waals surface area contributed by atoms with Gasteiger partial charge in [-0.25, -0.2) is 4.79 Å². The molecular formula is C20H26F3N3O3. The van der Waals surface area contributed by atoms with Gasteiger partial charge in [-0.05, 0) is 31.0 Å². The first kappa shape index (κ1) is 20.3. The van der Waals surface area contributed by atoms with Gasteiger partial charge in [0.25, 0.3) is 0 Å². The zero-order chi connectivity index (χ0) is 20.4. The molecule has 1 aromatic rings. The molecule has 1 aromatic carbocycles. The Balaban J connectivity index is 1.59. The van der Waals surface area contributed by atoms with E-state index in [1.807, 2.05) is 4.90 Å². The number of anilines is 2. The van der Waals surface area contributed by atoms with E-state index in [0.29, 0.717) is 45.1 Å². The van der Waals surface area contributed by atoms with Gasteiger partial charge in [-0.15, -0.1) is 0 Å². The SMILES string of the molecule is O=C(Nc1cc(C(F)(F)F)ccc1N1CCOCC1)N1CCO[C@H]2CCCC[C@@H]21. The number of benzene rings is 1. The molecule has 6 nitrogen and oxygen atoms in total. The van der Waals surface area contributed by atoms with Crippen LogP contribution in [0.25, 0.3) is 0 Å². The van der Waals surface area contributed by atoms with Crippen LogP contribution in [0, 0.1) is 0 Å². The van der Waals surface area contributed by atoms with E-state index < -0.39 is 11.7 Å². The first-order chi connectivity index (χ1) is 13.9. The second-order valence-corrected chi connectivity index (χ2v) is 7.71. The summed E-state index contributed by atoms with van der Waals surface area (Å²) >= 11 is 0. The monoisotopic (exact) mass is 413 g/mol. The van der Waals surface area contributed by atoms with Gasteiger partial charge in [-0.2, -0.15) is 13.2 Å². The van der Waals surface area contributed by atoms with E-state index in [2.05, 4.69) is 5.32 Å². The number of nitrogens with one attached hydrogen (secondary N) is 1. The molecule has 0 radical (unpaired) electrons. The van der Waals surface area contributed by atoms with Crippen molar-refractivity contribution in [3.63, 3.8) is 0 Å². The van der Waals surface area contributed by atoms with Crippen molar-refractivity contribution in [2.24, 2.45) is 0 Å². The second kappa shape index (κ2) is 8.39. The third-order valence-electron chi connectivity index (χ3n) is 5.91. The maximum absolute atomic E-state index is 13.3. The number of halogens is 3. The molecule has 160 valence electrons. The van der Waals surface area contributed by atoms with Gasteiger partial charge >= 0.3 is 12.2 Å². The first-order valence-corrected chi connectivity index (χ1v) is 10.2. The van der Waals surface area contributed by atoms with Gasteiger partial charge in [-0.1, -0.05) is 12.8 Å². The molecule has 0 spiro atoms. The number of carbonyl (C=O) groups is 1. The molecule has 0 aromatic heterocycles. The number of ether oxygens (including phenoxy) is 2. The van der Waals surface area contributed by atoms with Crippen LogP contribution in [-0.4, -0.2) is 62.5 Å². The highest BCUT2D eigenvalue weighted by molar-refractivity contribution is 5.93. The molecule has 0 unspecified atom stereocenters. The van der Waals surface area contributed by atoms with Crippen LogP contribution < -0.4 is 10.2 Å². The Morgan fingerprint density at radius 3 is 2.59 bits per heavy atom. The quantitative estimate of drug-likeness (QED) is 0.803. The van der Waals surface area contributed by atoms with Gasteiger partial charge in [0.1, 0.15) is 0 Å². The van der Waals surface area contributed by atoms with E-state index in [4.69, 9.17) is 9.47 Å². The van der Waals surface area contributed by atoms with Crippen molar-refractivity contribution in [1.29, 1.82) is 0 Å². The number of hydrogen-bond donors (Lipinski definition) is 1. The molecule has 2 aliphatic heterocycles. The summed E-state index contributed by atoms with van der Waals surface area (Å²) in [5, 5.41) is 2.77. The van der Waals surface area contributed by atoms with Gasteiger partial charge in [-0.3, -0.25) is 0 Å².